The van der Waals surface area contributed by atoms with Gasteiger partial charge < -0.3 is 10.5 Å². The number of anilines is 1. The molecule has 0 aromatic carbocycles. The van der Waals surface area contributed by atoms with Gasteiger partial charge in [-0.15, -0.1) is 0 Å². The molecule has 18 heavy (non-hydrogen) atoms. The highest BCUT2D eigenvalue weighted by Crippen LogP contribution is 2.22. The number of aromatic nitrogens is 1. The van der Waals surface area contributed by atoms with Crippen molar-refractivity contribution in [3.8, 4) is 0 Å². The first-order valence-electron chi connectivity index (χ1n) is 5.78. The molecule has 2 rings (SSSR count). The molecule has 1 aromatic rings. The van der Waals surface area contributed by atoms with Gasteiger partial charge in [0.1, 0.15) is 5.82 Å². The smallest absolute Gasteiger partial charge is 0.243 e. The van der Waals surface area contributed by atoms with E-state index in [4.69, 9.17) is 10.5 Å². The first kappa shape index (κ1) is 13.3. The maximum atomic E-state index is 12.4. The van der Waals surface area contributed by atoms with Crippen molar-refractivity contribution in [1.29, 1.82) is 0 Å². The van der Waals surface area contributed by atoms with Crippen molar-refractivity contribution < 1.29 is 13.2 Å². The second-order valence-electron chi connectivity index (χ2n) is 4.28. The zero-order valence-electron chi connectivity index (χ0n) is 10.2. The molecule has 0 bridgehead atoms. The summed E-state index contributed by atoms with van der Waals surface area (Å²) >= 11 is 0. The topological polar surface area (TPSA) is 85.5 Å². The summed E-state index contributed by atoms with van der Waals surface area (Å²) < 4.78 is 31.5. The monoisotopic (exact) mass is 271 g/mol. The van der Waals surface area contributed by atoms with E-state index in [9.17, 15) is 8.42 Å². The average molecular weight is 271 g/mol. The molecular weight excluding hydrogens is 254 g/mol. The van der Waals surface area contributed by atoms with Gasteiger partial charge in [-0.25, -0.2) is 13.4 Å². The van der Waals surface area contributed by atoms with Crippen molar-refractivity contribution in [3.05, 3.63) is 18.3 Å². The van der Waals surface area contributed by atoms with Crippen molar-refractivity contribution in [3.63, 3.8) is 0 Å². The fourth-order valence-electron chi connectivity index (χ4n) is 2.05. The minimum Gasteiger partial charge on any atom is -0.384 e. The number of hydrogen-bond acceptors (Lipinski definition) is 5. The van der Waals surface area contributed by atoms with E-state index >= 15 is 0 Å². The summed E-state index contributed by atoms with van der Waals surface area (Å²) in [6.45, 7) is 0.908. The molecule has 1 fully saturated rings. The summed E-state index contributed by atoms with van der Waals surface area (Å²) in [6, 6.07) is 2.84. The van der Waals surface area contributed by atoms with Gasteiger partial charge in [0.15, 0.2) is 0 Å². The standard InChI is InChI=1S/C11H17N3O3S/c1-17-9-3-2-6-14(8-9)18(15,16)10-4-5-13-11(12)7-10/h4-5,7,9H,2-3,6,8H2,1H3,(H2,12,13). The normalized spacial score (nSPS) is 21.9. The number of rotatable bonds is 3. The van der Waals surface area contributed by atoms with Crippen molar-refractivity contribution in [2.45, 2.75) is 23.8 Å². The van der Waals surface area contributed by atoms with Gasteiger partial charge >= 0.3 is 0 Å². The number of sulfonamides is 1. The van der Waals surface area contributed by atoms with Gasteiger partial charge in [-0.1, -0.05) is 0 Å². The Balaban J connectivity index is 2.25. The average Bonchev–Trinajstić information content (AvgIpc) is 2.39. The number of hydrogen-bond donors (Lipinski definition) is 1. The Labute approximate surface area is 107 Å². The maximum absolute atomic E-state index is 12.4. The van der Waals surface area contributed by atoms with Crippen LogP contribution in [0.2, 0.25) is 0 Å². The predicted molar refractivity (Wildman–Crippen MR) is 67.4 cm³/mol. The predicted octanol–water partition coefficient (Wildman–Crippen LogP) is 0.463. The summed E-state index contributed by atoms with van der Waals surface area (Å²) in [5, 5.41) is 0. The fourth-order valence-corrected chi connectivity index (χ4v) is 3.59. The van der Waals surface area contributed by atoms with Crippen LogP contribution in [0.5, 0.6) is 0 Å². The van der Waals surface area contributed by atoms with Crippen LogP contribution in [0.1, 0.15) is 12.8 Å². The van der Waals surface area contributed by atoms with Gasteiger partial charge in [-0.3, -0.25) is 0 Å². The van der Waals surface area contributed by atoms with Gasteiger partial charge in [0, 0.05) is 32.5 Å². The second kappa shape index (κ2) is 5.21. The van der Waals surface area contributed by atoms with Crippen molar-refractivity contribution >= 4 is 15.8 Å². The van der Waals surface area contributed by atoms with Crippen molar-refractivity contribution in [2.75, 3.05) is 25.9 Å². The largest absolute Gasteiger partial charge is 0.384 e. The van der Waals surface area contributed by atoms with Crippen LogP contribution in [0, 0.1) is 0 Å². The second-order valence-corrected chi connectivity index (χ2v) is 6.22. The van der Waals surface area contributed by atoms with Gasteiger partial charge in [-0.2, -0.15) is 4.31 Å². The van der Waals surface area contributed by atoms with Crippen molar-refractivity contribution in [2.24, 2.45) is 0 Å². The highest BCUT2D eigenvalue weighted by molar-refractivity contribution is 7.89. The lowest BCUT2D eigenvalue weighted by atomic mass is 10.1. The van der Waals surface area contributed by atoms with E-state index in [-0.39, 0.29) is 16.8 Å². The van der Waals surface area contributed by atoms with Crippen molar-refractivity contribution in [1.82, 2.24) is 9.29 Å². The highest BCUT2D eigenvalue weighted by Gasteiger charge is 2.30. The first-order chi connectivity index (χ1) is 8.54. The van der Waals surface area contributed by atoms with Crippen LogP contribution >= 0.6 is 0 Å². The number of nitrogens with zero attached hydrogens (tertiary/aromatic N) is 2. The fraction of sp³-hybridized carbons (Fsp3) is 0.545. The number of methoxy groups -OCH3 is 1. The Morgan fingerprint density at radius 2 is 2.33 bits per heavy atom. The summed E-state index contributed by atoms with van der Waals surface area (Å²) in [4.78, 5) is 3.99. The molecule has 0 radical (unpaired) electrons. The molecule has 1 aliphatic heterocycles. The molecule has 1 unspecified atom stereocenters. The molecule has 0 spiro atoms. The molecule has 0 amide bonds. The first-order valence-corrected chi connectivity index (χ1v) is 7.22. The summed E-state index contributed by atoms with van der Waals surface area (Å²) in [5.41, 5.74) is 5.52. The molecule has 1 aromatic heterocycles. The molecule has 2 heterocycles. The molecule has 6 nitrogen and oxygen atoms in total. The van der Waals surface area contributed by atoms with Crippen LogP contribution in [-0.4, -0.2) is 44.0 Å². The molecule has 0 saturated carbocycles. The van der Waals surface area contributed by atoms with E-state index in [1.165, 1.54) is 22.6 Å². The van der Waals surface area contributed by atoms with E-state index in [1.807, 2.05) is 0 Å². The molecular formula is C11H17N3O3S. The number of pyridine rings is 1. The van der Waals surface area contributed by atoms with Crippen LogP contribution in [0.25, 0.3) is 0 Å². The molecule has 0 aliphatic carbocycles. The minimum absolute atomic E-state index is 0.0345. The number of nitrogen functional groups attached to an aromatic ring is 1. The molecule has 7 heteroatoms. The third kappa shape index (κ3) is 2.63. The van der Waals surface area contributed by atoms with Crippen LogP contribution in [0.3, 0.4) is 0 Å². The van der Waals surface area contributed by atoms with Gasteiger partial charge in [0.05, 0.1) is 11.0 Å². The summed E-state index contributed by atoms with van der Waals surface area (Å²) in [6.07, 6.45) is 3.06. The third-order valence-electron chi connectivity index (χ3n) is 3.06. The molecule has 1 saturated heterocycles. The minimum atomic E-state index is -3.49. The number of nitrogens with two attached hydrogens (primary N) is 1. The zero-order valence-corrected chi connectivity index (χ0v) is 11.1. The van der Waals surface area contributed by atoms with Gasteiger partial charge in [0.25, 0.3) is 0 Å². The molecule has 1 aliphatic rings. The van der Waals surface area contributed by atoms with E-state index < -0.39 is 10.0 Å². The lowest BCUT2D eigenvalue weighted by Crippen LogP contribution is -2.42. The molecule has 2 N–H and O–H groups in total. The number of ether oxygens (including phenoxy) is 1. The SMILES string of the molecule is COC1CCCN(S(=O)(=O)c2ccnc(N)c2)C1. The molecule has 100 valence electrons. The Kier molecular flexibility index (Phi) is 3.84. The Bertz CT molecular complexity index is 518. The summed E-state index contributed by atoms with van der Waals surface area (Å²) in [7, 11) is -1.89. The van der Waals surface area contributed by atoms with Gasteiger partial charge in [-0.05, 0) is 18.9 Å². The van der Waals surface area contributed by atoms with Crippen LogP contribution in [-0.2, 0) is 14.8 Å². The van der Waals surface area contributed by atoms with E-state index in [2.05, 4.69) is 4.98 Å². The lowest BCUT2D eigenvalue weighted by molar-refractivity contribution is 0.0572. The van der Waals surface area contributed by atoms with Crippen LogP contribution in [0.15, 0.2) is 23.2 Å². The van der Waals surface area contributed by atoms with E-state index in [1.54, 1.807) is 7.11 Å². The Hall–Kier alpha value is -1.18. The highest BCUT2D eigenvalue weighted by atomic mass is 32.2. The van der Waals surface area contributed by atoms with Gasteiger partial charge in [0.2, 0.25) is 10.0 Å². The van der Waals surface area contributed by atoms with E-state index in [0.717, 1.165) is 12.8 Å². The van der Waals surface area contributed by atoms with E-state index in [0.29, 0.717) is 13.1 Å². The maximum Gasteiger partial charge on any atom is 0.243 e. The zero-order chi connectivity index (χ0) is 13.2. The van der Waals surface area contributed by atoms with Crippen LogP contribution < -0.4 is 5.73 Å². The quantitative estimate of drug-likeness (QED) is 0.863. The van der Waals surface area contributed by atoms with Crippen LogP contribution in [0.4, 0.5) is 5.82 Å². The number of piperidine rings is 1. The summed E-state index contributed by atoms with van der Waals surface area (Å²) in [5.74, 6) is 0.205. The lowest BCUT2D eigenvalue weighted by Gasteiger charge is -2.31. The molecule has 1 atom stereocenters. The Morgan fingerprint density at radius 1 is 1.56 bits per heavy atom. The Morgan fingerprint density at radius 3 is 3.00 bits per heavy atom. The third-order valence-corrected chi connectivity index (χ3v) is 4.93.